The van der Waals surface area contributed by atoms with Crippen molar-refractivity contribution in [2.24, 2.45) is 5.73 Å². The highest BCUT2D eigenvalue weighted by Crippen LogP contribution is 2.31. The van der Waals surface area contributed by atoms with Gasteiger partial charge in [-0.1, -0.05) is 36.4 Å². The van der Waals surface area contributed by atoms with Gasteiger partial charge in [-0.2, -0.15) is 11.8 Å². The molecule has 1 nitrogen and oxygen atoms in total. The molecule has 16 heavy (non-hydrogen) atoms. The number of hydrogen-bond donors (Lipinski definition) is 1. The van der Waals surface area contributed by atoms with E-state index < -0.39 is 0 Å². The third-order valence-corrected chi connectivity index (χ3v) is 4.10. The highest BCUT2D eigenvalue weighted by molar-refractivity contribution is 7.99. The van der Waals surface area contributed by atoms with Gasteiger partial charge in [0, 0.05) is 6.54 Å². The van der Waals surface area contributed by atoms with Crippen LogP contribution < -0.4 is 5.73 Å². The molecule has 0 aromatic heterocycles. The summed E-state index contributed by atoms with van der Waals surface area (Å²) < 4.78 is 0. The minimum absolute atomic E-state index is 0.615. The molecule has 86 valence electrons. The van der Waals surface area contributed by atoms with E-state index in [1.807, 2.05) is 6.08 Å². The van der Waals surface area contributed by atoms with Crippen LogP contribution in [0.3, 0.4) is 0 Å². The number of rotatable bonds is 3. The van der Waals surface area contributed by atoms with Crippen LogP contribution in [0.25, 0.3) is 6.08 Å². The molecule has 0 radical (unpaired) electrons. The maximum Gasteiger partial charge on any atom is 0.0110 e. The number of hydrogen-bond acceptors (Lipinski definition) is 2. The first-order valence-electron chi connectivity index (χ1n) is 5.94. The fourth-order valence-electron chi connectivity index (χ4n) is 2.15. The molecule has 1 aromatic carbocycles. The van der Waals surface area contributed by atoms with Crippen LogP contribution in [0.4, 0.5) is 0 Å². The Morgan fingerprint density at radius 1 is 1.31 bits per heavy atom. The van der Waals surface area contributed by atoms with E-state index in [2.05, 4.69) is 42.1 Å². The predicted octanol–water partition coefficient (Wildman–Crippen LogP) is 3.27. The average Bonchev–Trinajstić information content (AvgIpc) is 2.38. The van der Waals surface area contributed by atoms with Crippen LogP contribution in [-0.2, 0) is 0 Å². The van der Waals surface area contributed by atoms with Crippen molar-refractivity contribution in [2.45, 2.75) is 18.8 Å². The van der Waals surface area contributed by atoms with Gasteiger partial charge >= 0.3 is 0 Å². The van der Waals surface area contributed by atoms with Crippen molar-refractivity contribution in [1.29, 1.82) is 0 Å². The van der Waals surface area contributed by atoms with Crippen LogP contribution >= 0.6 is 11.8 Å². The van der Waals surface area contributed by atoms with Crippen LogP contribution in [0.2, 0.25) is 0 Å². The van der Waals surface area contributed by atoms with E-state index in [1.165, 1.54) is 35.5 Å². The normalized spacial score (nSPS) is 18.1. The lowest BCUT2D eigenvalue weighted by atomic mass is 9.92. The standard InChI is InChI=1S/C14H19NS/c15-8-2-4-12-3-1-5-14(11-12)13-6-9-16-10-7-13/h1-5,11,13H,6-10,15H2/b4-2+. The zero-order valence-corrected chi connectivity index (χ0v) is 10.4. The van der Waals surface area contributed by atoms with E-state index in [0.717, 1.165) is 5.92 Å². The van der Waals surface area contributed by atoms with Gasteiger partial charge in [0.15, 0.2) is 0 Å². The van der Waals surface area contributed by atoms with E-state index in [-0.39, 0.29) is 0 Å². The van der Waals surface area contributed by atoms with E-state index >= 15 is 0 Å². The Morgan fingerprint density at radius 2 is 2.12 bits per heavy atom. The van der Waals surface area contributed by atoms with Gasteiger partial charge in [-0.05, 0) is 41.4 Å². The smallest absolute Gasteiger partial charge is 0.0110 e. The van der Waals surface area contributed by atoms with E-state index in [0.29, 0.717) is 6.54 Å². The second-order valence-corrected chi connectivity index (χ2v) is 5.42. The quantitative estimate of drug-likeness (QED) is 0.867. The second kappa shape index (κ2) is 6.12. The summed E-state index contributed by atoms with van der Waals surface area (Å²) in [6.45, 7) is 0.615. The van der Waals surface area contributed by atoms with Crippen molar-refractivity contribution in [2.75, 3.05) is 18.1 Å². The summed E-state index contributed by atoms with van der Waals surface area (Å²) in [5, 5.41) is 0. The number of thioether (sulfide) groups is 1. The summed E-state index contributed by atoms with van der Waals surface area (Å²) >= 11 is 2.08. The zero-order valence-electron chi connectivity index (χ0n) is 9.56. The van der Waals surface area contributed by atoms with Crippen molar-refractivity contribution in [3.63, 3.8) is 0 Å². The lowest BCUT2D eigenvalue weighted by molar-refractivity contribution is 0.637. The Kier molecular flexibility index (Phi) is 4.49. The van der Waals surface area contributed by atoms with Crippen molar-refractivity contribution < 1.29 is 0 Å². The van der Waals surface area contributed by atoms with Gasteiger partial charge < -0.3 is 5.73 Å². The first-order chi connectivity index (χ1) is 7.90. The third kappa shape index (κ3) is 3.13. The van der Waals surface area contributed by atoms with Crippen molar-refractivity contribution >= 4 is 17.8 Å². The molecule has 0 amide bonds. The molecule has 0 spiro atoms. The molecule has 0 atom stereocenters. The summed E-state index contributed by atoms with van der Waals surface area (Å²) in [6.07, 6.45) is 6.78. The van der Waals surface area contributed by atoms with Crippen LogP contribution in [0.5, 0.6) is 0 Å². The van der Waals surface area contributed by atoms with Crippen molar-refractivity contribution in [3.05, 3.63) is 41.5 Å². The average molecular weight is 233 g/mol. The summed E-state index contributed by atoms with van der Waals surface area (Å²) in [5.74, 6) is 3.40. The fraction of sp³-hybridized carbons (Fsp3) is 0.429. The third-order valence-electron chi connectivity index (χ3n) is 3.05. The summed E-state index contributed by atoms with van der Waals surface area (Å²) in [4.78, 5) is 0. The Hall–Kier alpha value is -0.730. The monoisotopic (exact) mass is 233 g/mol. The molecule has 0 saturated carbocycles. The van der Waals surface area contributed by atoms with Gasteiger partial charge in [-0.15, -0.1) is 0 Å². The Bertz CT molecular complexity index is 354. The molecule has 1 aromatic rings. The van der Waals surface area contributed by atoms with E-state index in [1.54, 1.807) is 0 Å². The Morgan fingerprint density at radius 3 is 2.88 bits per heavy atom. The van der Waals surface area contributed by atoms with Crippen LogP contribution in [0.15, 0.2) is 30.3 Å². The molecule has 0 unspecified atom stereocenters. The molecule has 2 rings (SSSR count). The minimum Gasteiger partial charge on any atom is -0.327 e. The molecule has 2 N–H and O–H groups in total. The van der Waals surface area contributed by atoms with Gasteiger partial charge in [0.1, 0.15) is 0 Å². The minimum atomic E-state index is 0.615. The molecule has 2 heteroatoms. The van der Waals surface area contributed by atoms with Gasteiger partial charge in [-0.25, -0.2) is 0 Å². The van der Waals surface area contributed by atoms with Crippen molar-refractivity contribution in [3.8, 4) is 0 Å². The first kappa shape index (κ1) is 11.7. The van der Waals surface area contributed by atoms with Gasteiger partial charge in [-0.3, -0.25) is 0 Å². The first-order valence-corrected chi connectivity index (χ1v) is 7.10. The highest BCUT2D eigenvalue weighted by atomic mass is 32.2. The lowest BCUT2D eigenvalue weighted by Gasteiger charge is -2.21. The van der Waals surface area contributed by atoms with Gasteiger partial charge in [0.05, 0.1) is 0 Å². The van der Waals surface area contributed by atoms with E-state index in [4.69, 9.17) is 5.73 Å². The lowest BCUT2D eigenvalue weighted by Crippen LogP contribution is -2.07. The van der Waals surface area contributed by atoms with Crippen LogP contribution in [0.1, 0.15) is 29.9 Å². The van der Waals surface area contributed by atoms with E-state index in [9.17, 15) is 0 Å². The molecule has 1 saturated heterocycles. The molecular weight excluding hydrogens is 214 g/mol. The number of benzene rings is 1. The van der Waals surface area contributed by atoms with Gasteiger partial charge in [0.25, 0.3) is 0 Å². The summed E-state index contributed by atoms with van der Waals surface area (Å²) in [7, 11) is 0. The fourth-order valence-corrected chi connectivity index (χ4v) is 3.26. The topological polar surface area (TPSA) is 26.0 Å². The van der Waals surface area contributed by atoms with Gasteiger partial charge in [0.2, 0.25) is 0 Å². The maximum atomic E-state index is 5.47. The molecule has 1 aliphatic heterocycles. The Labute approximate surface area is 102 Å². The molecular formula is C14H19NS. The second-order valence-electron chi connectivity index (χ2n) is 4.19. The Balaban J connectivity index is 2.11. The largest absolute Gasteiger partial charge is 0.327 e. The molecule has 0 aliphatic carbocycles. The summed E-state index contributed by atoms with van der Waals surface area (Å²) in [6, 6.07) is 8.88. The molecule has 0 bridgehead atoms. The summed E-state index contributed by atoms with van der Waals surface area (Å²) in [5.41, 5.74) is 8.25. The molecule has 1 aliphatic rings. The molecule has 1 heterocycles. The maximum absolute atomic E-state index is 5.47. The predicted molar refractivity (Wildman–Crippen MR) is 73.8 cm³/mol. The SMILES string of the molecule is NC/C=C/c1cccc(C2CCSCC2)c1. The zero-order chi connectivity index (χ0) is 11.2. The highest BCUT2D eigenvalue weighted by Gasteiger charge is 2.15. The molecule has 1 fully saturated rings. The van der Waals surface area contributed by atoms with Crippen LogP contribution in [0, 0.1) is 0 Å². The number of nitrogens with two attached hydrogens (primary N) is 1. The van der Waals surface area contributed by atoms with Crippen LogP contribution in [-0.4, -0.2) is 18.1 Å². The van der Waals surface area contributed by atoms with Crippen molar-refractivity contribution in [1.82, 2.24) is 0 Å².